The first-order chi connectivity index (χ1) is 5.83. The quantitative estimate of drug-likeness (QED) is 0.329. The number of carbonyl (C=O) groups excluding carboxylic acids is 4. The van der Waals surface area contributed by atoms with Crippen LogP contribution in [0.5, 0.6) is 0 Å². The maximum absolute atomic E-state index is 9.68. The van der Waals surface area contributed by atoms with Crippen molar-refractivity contribution in [3.8, 4) is 0 Å². The van der Waals surface area contributed by atoms with Gasteiger partial charge in [0, 0.05) is 12.8 Å². The minimum atomic E-state index is 0.194. The van der Waals surface area contributed by atoms with Gasteiger partial charge in [-0.05, 0) is 12.8 Å². The van der Waals surface area contributed by atoms with Gasteiger partial charge in [-0.1, -0.05) is 0 Å². The first-order valence-corrected chi connectivity index (χ1v) is 3.59. The zero-order chi connectivity index (χ0) is 9.66. The molecule has 0 unspecified atom stereocenters. The van der Waals surface area contributed by atoms with Gasteiger partial charge in [-0.25, -0.2) is 0 Å². The fourth-order valence-corrected chi connectivity index (χ4v) is 0.455. The van der Waals surface area contributed by atoms with Crippen molar-refractivity contribution in [2.24, 2.45) is 0 Å². The number of unbranched alkanes of at least 4 members (excludes halogenated alkanes) is 3. The summed E-state index contributed by atoms with van der Waals surface area (Å²) < 4.78 is 0. The molecular weight excluding hydrogens is 160 g/mol. The fraction of sp³-hybridized carbons (Fsp3) is 0.500. The Hall–Kier alpha value is -1.32. The molecule has 0 aliphatic rings. The van der Waals surface area contributed by atoms with E-state index in [4.69, 9.17) is 9.59 Å². The summed E-state index contributed by atoms with van der Waals surface area (Å²) in [5, 5.41) is 0. The van der Waals surface area contributed by atoms with Gasteiger partial charge in [-0.15, -0.1) is 0 Å². The largest absolute Gasteiger partial charge is 0.303 e. The molecule has 0 aliphatic carbocycles. The Bertz CT molecular complexity index is 115. The van der Waals surface area contributed by atoms with Crippen LogP contribution in [0.15, 0.2) is 0 Å². The lowest BCUT2D eigenvalue weighted by molar-refractivity contribution is -0.122. The number of aldehydes is 4. The predicted molar refractivity (Wildman–Crippen MR) is 42.7 cm³/mol. The van der Waals surface area contributed by atoms with E-state index in [1.165, 1.54) is 0 Å². The second kappa shape index (κ2) is 16.3. The second-order valence-corrected chi connectivity index (χ2v) is 1.89. The van der Waals surface area contributed by atoms with E-state index in [1.807, 2.05) is 0 Å². The summed E-state index contributed by atoms with van der Waals surface area (Å²) in [6.07, 6.45) is 5.03. The molecule has 0 radical (unpaired) electrons. The Morgan fingerprint density at radius 1 is 0.667 bits per heavy atom. The molecule has 68 valence electrons. The molecule has 0 spiro atoms. The molecular formula is C8H12O4. The zero-order valence-electron chi connectivity index (χ0n) is 6.77. The van der Waals surface area contributed by atoms with Gasteiger partial charge < -0.3 is 9.59 Å². The van der Waals surface area contributed by atoms with Crippen LogP contribution >= 0.6 is 0 Å². The van der Waals surface area contributed by atoms with Gasteiger partial charge >= 0.3 is 0 Å². The van der Waals surface area contributed by atoms with Crippen LogP contribution in [0.3, 0.4) is 0 Å². The lowest BCUT2D eigenvalue weighted by Gasteiger charge is -1.85. The van der Waals surface area contributed by atoms with Crippen molar-refractivity contribution < 1.29 is 19.2 Å². The zero-order valence-corrected chi connectivity index (χ0v) is 6.77. The van der Waals surface area contributed by atoms with E-state index in [1.54, 1.807) is 0 Å². The van der Waals surface area contributed by atoms with Gasteiger partial charge in [0.05, 0.1) is 0 Å². The number of carbonyl (C=O) groups is 4. The highest BCUT2D eigenvalue weighted by Gasteiger charge is 1.83. The molecule has 4 heteroatoms. The Labute approximate surface area is 70.9 Å². The van der Waals surface area contributed by atoms with E-state index < -0.39 is 0 Å². The molecule has 0 heterocycles. The van der Waals surface area contributed by atoms with Gasteiger partial charge in [0.15, 0.2) is 12.6 Å². The number of hydrogen-bond acceptors (Lipinski definition) is 4. The number of rotatable bonds is 6. The third-order valence-electron chi connectivity index (χ3n) is 0.950. The Morgan fingerprint density at radius 2 is 1.00 bits per heavy atom. The van der Waals surface area contributed by atoms with Crippen LogP contribution in [0, 0.1) is 0 Å². The van der Waals surface area contributed by atoms with Gasteiger partial charge in [-0.3, -0.25) is 9.59 Å². The summed E-state index contributed by atoms with van der Waals surface area (Å²) in [7, 11) is 0. The van der Waals surface area contributed by atoms with Crippen molar-refractivity contribution in [1.82, 2.24) is 0 Å². The minimum absolute atomic E-state index is 0.194. The highest BCUT2D eigenvalue weighted by molar-refractivity contribution is 6.09. The molecule has 4 nitrogen and oxygen atoms in total. The molecule has 0 atom stereocenters. The van der Waals surface area contributed by atoms with Crippen molar-refractivity contribution in [1.29, 1.82) is 0 Å². The van der Waals surface area contributed by atoms with Crippen LogP contribution < -0.4 is 0 Å². The van der Waals surface area contributed by atoms with E-state index in [0.29, 0.717) is 12.8 Å². The van der Waals surface area contributed by atoms with E-state index in [9.17, 15) is 9.59 Å². The highest BCUT2D eigenvalue weighted by Crippen LogP contribution is 1.93. The minimum Gasteiger partial charge on any atom is -0.303 e. The van der Waals surface area contributed by atoms with Gasteiger partial charge in [0.25, 0.3) is 0 Å². The van der Waals surface area contributed by atoms with E-state index in [0.717, 1.165) is 25.4 Å². The number of hydrogen-bond donors (Lipinski definition) is 0. The Kier molecular flexibility index (Phi) is 18.1. The molecule has 0 rings (SSSR count). The van der Waals surface area contributed by atoms with Crippen molar-refractivity contribution in [3.05, 3.63) is 0 Å². The molecule has 0 saturated carbocycles. The molecule has 0 aromatic carbocycles. The van der Waals surface area contributed by atoms with Crippen LogP contribution in [-0.4, -0.2) is 25.1 Å². The molecule has 0 saturated heterocycles. The third-order valence-corrected chi connectivity index (χ3v) is 0.950. The lowest BCUT2D eigenvalue weighted by Crippen LogP contribution is -1.78. The topological polar surface area (TPSA) is 68.3 Å². The standard InChI is InChI=1S/C6H10O2.C2H2O2/c7-5-3-1-2-4-6-8;3-1-2-4/h5-6H,1-4H2;1-2H. The first-order valence-electron chi connectivity index (χ1n) is 3.59. The second-order valence-electron chi connectivity index (χ2n) is 1.89. The SMILES string of the molecule is O=CC=O.O=CCCCCC=O. The first kappa shape index (κ1) is 13.3. The van der Waals surface area contributed by atoms with Crippen molar-refractivity contribution >= 4 is 25.1 Å². The lowest BCUT2D eigenvalue weighted by atomic mass is 10.2. The Balaban J connectivity index is 0. The van der Waals surface area contributed by atoms with Crippen LogP contribution in [0.25, 0.3) is 0 Å². The average Bonchev–Trinajstić information content (AvgIpc) is 2.13. The molecule has 12 heavy (non-hydrogen) atoms. The van der Waals surface area contributed by atoms with Crippen molar-refractivity contribution in [2.75, 3.05) is 0 Å². The van der Waals surface area contributed by atoms with Gasteiger partial charge in [-0.2, -0.15) is 0 Å². The molecule has 0 bridgehead atoms. The maximum Gasteiger partial charge on any atom is 0.182 e. The van der Waals surface area contributed by atoms with Gasteiger partial charge in [0.1, 0.15) is 12.6 Å². The smallest absolute Gasteiger partial charge is 0.182 e. The maximum atomic E-state index is 9.68. The summed E-state index contributed by atoms with van der Waals surface area (Å²) in [5.74, 6) is 0. The predicted octanol–water partition coefficient (Wildman–Crippen LogP) is 0.329. The van der Waals surface area contributed by atoms with Crippen molar-refractivity contribution in [2.45, 2.75) is 25.7 Å². The van der Waals surface area contributed by atoms with Crippen LogP contribution in [0.4, 0.5) is 0 Å². The van der Waals surface area contributed by atoms with Crippen LogP contribution in [0.2, 0.25) is 0 Å². The molecule has 0 aromatic rings. The van der Waals surface area contributed by atoms with Crippen LogP contribution in [-0.2, 0) is 19.2 Å². The third kappa shape index (κ3) is 23.4. The monoisotopic (exact) mass is 172 g/mol. The van der Waals surface area contributed by atoms with Gasteiger partial charge in [0.2, 0.25) is 0 Å². The highest BCUT2D eigenvalue weighted by atomic mass is 16.2. The molecule has 0 aromatic heterocycles. The summed E-state index contributed by atoms with van der Waals surface area (Å²) in [5.41, 5.74) is 0. The summed E-state index contributed by atoms with van der Waals surface area (Å²) in [4.78, 5) is 37.0. The Morgan fingerprint density at radius 3 is 1.17 bits per heavy atom. The molecule has 0 fully saturated rings. The summed E-state index contributed by atoms with van der Waals surface area (Å²) >= 11 is 0. The molecule has 0 aliphatic heterocycles. The molecule has 0 N–H and O–H groups in total. The van der Waals surface area contributed by atoms with Crippen LogP contribution in [0.1, 0.15) is 25.7 Å². The van der Waals surface area contributed by atoms with Crippen molar-refractivity contribution in [3.63, 3.8) is 0 Å². The summed E-state index contributed by atoms with van der Waals surface area (Å²) in [6, 6.07) is 0. The summed E-state index contributed by atoms with van der Waals surface area (Å²) in [6.45, 7) is 0. The van der Waals surface area contributed by atoms with E-state index in [2.05, 4.69) is 0 Å². The average molecular weight is 172 g/mol. The normalized spacial score (nSPS) is 7.33. The van der Waals surface area contributed by atoms with E-state index >= 15 is 0 Å². The van der Waals surface area contributed by atoms with E-state index in [-0.39, 0.29) is 12.6 Å². The molecule has 0 amide bonds. The fourth-order valence-electron chi connectivity index (χ4n) is 0.455.